The smallest absolute Gasteiger partial charge is 0.330 e. The van der Waals surface area contributed by atoms with E-state index in [4.69, 9.17) is 4.21 Å². The van der Waals surface area contributed by atoms with Gasteiger partial charge in [0.15, 0.2) is 0 Å². The average Bonchev–Trinajstić information content (AvgIpc) is 2.45. The molecule has 8 heteroatoms. The van der Waals surface area contributed by atoms with Crippen molar-refractivity contribution in [3.63, 3.8) is 0 Å². The van der Waals surface area contributed by atoms with Crippen molar-refractivity contribution in [1.82, 2.24) is 0 Å². The fraction of sp³-hybridized carbons (Fsp3) is 1.00. The Kier molecular flexibility index (Phi) is 10.3. The third kappa shape index (κ3) is 6.13. The molecule has 0 aliphatic rings. The molecule has 0 spiro atoms. The number of unbranched alkanes of at least 4 members (excludes halogenated alkanes) is 2. The minimum atomic E-state index is -4.49. The second-order valence-corrected chi connectivity index (χ2v) is 27.1. The van der Waals surface area contributed by atoms with E-state index in [1.807, 2.05) is 0 Å². The fourth-order valence-corrected chi connectivity index (χ4v) is 37.7. The maximum Gasteiger partial charge on any atom is 0.459 e. The van der Waals surface area contributed by atoms with Crippen molar-refractivity contribution in [2.75, 3.05) is 0 Å². The van der Waals surface area contributed by atoms with Crippen molar-refractivity contribution in [2.45, 2.75) is 115 Å². The Bertz CT molecular complexity index is 455. The van der Waals surface area contributed by atoms with Crippen LogP contribution in [0.4, 0.5) is 0 Å². The van der Waals surface area contributed by atoms with E-state index >= 15 is 0 Å². The highest BCUT2D eigenvalue weighted by molar-refractivity contribution is 7.48. The third-order valence-corrected chi connectivity index (χ3v) is 31.8. The molecule has 0 amide bonds. The second-order valence-electron chi connectivity index (χ2n) is 9.72. The summed E-state index contributed by atoms with van der Waals surface area (Å²) in [6.07, 6.45) is 6.91. The van der Waals surface area contributed by atoms with Gasteiger partial charge in [0.25, 0.3) is 0 Å². The van der Waals surface area contributed by atoms with Crippen LogP contribution in [0.15, 0.2) is 0 Å². The van der Waals surface area contributed by atoms with Crippen molar-refractivity contribution in [2.24, 2.45) is 0 Å². The van der Waals surface area contributed by atoms with E-state index in [1.165, 1.54) is 37.8 Å². The lowest BCUT2D eigenvalue weighted by atomic mass is 10.4. The van der Waals surface area contributed by atoms with Crippen LogP contribution in [0.5, 0.6) is 0 Å². The van der Waals surface area contributed by atoms with Crippen molar-refractivity contribution in [1.29, 1.82) is 0 Å². The van der Waals surface area contributed by atoms with Crippen LogP contribution < -0.4 is 0 Å². The molecule has 0 unspecified atom stereocenters. The van der Waals surface area contributed by atoms with E-state index in [0.29, 0.717) is 0 Å². The van der Waals surface area contributed by atoms with Gasteiger partial charge in [-0.2, -0.15) is 0 Å². The summed E-state index contributed by atoms with van der Waals surface area (Å²) in [7, 11) is -10.7. The molecule has 0 rings (SSSR count). The Morgan fingerprint density at radius 1 is 0.808 bits per heavy atom. The van der Waals surface area contributed by atoms with Gasteiger partial charge < -0.3 is 14.0 Å². The third-order valence-electron chi connectivity index (χ3n) is 6.62. The lowest BCUT2D eigenvalue weighted by molar-refractivity contribution is 0.277. The summed E-state index contributed by atoms with van der Waals surface area (Å²) in [5, 5.41) is 0. The molecular weight excluding hydrogens is 395 g/mol. The monoisotopic (exact) mass is 440 g/mol. The van der Waals surface area contributed by atoms with Crippen molar-refractivity contribution >= 4 is 32.3 Å². The van der Waals surface area contributed by atoms with Crippen LogP contribution in [-0.4, -0.2) is 34.3 Å². The Hall–Kier alpha value is 0.761. The molecule has 0 aliphatic heterocycles. The highest BCUT2D eigenvalue weighted by Gasteiger charge is 2.65. The van der Waals surface area contributed by atoms with E-state index in [0.717, 1.165) is 12.8 Å². The van der Waals surface area contributed by atoms with Gasteiger partial charge in [0.1, 0.15) is 0 Å². The molecule has 4 nitrogen and oxygen atoms in total. The van der Waals surface area contributed by atoms with Gasteiger partial charge in [-0.3, -0.25) is 0 Å². The maximum atomic E-state index is 11.9. The Morgan fingerprint density at radius 2 is 1.19 bits per heavy atom. The van der Waals surface area contributed by atoms with Crippen LogP contribution in [0.1, 0.15) is 59.3 Å². The molecule has 26 heavy (non-hydrogen) atoms. The number of hydrogen-bond acceptors (Lipinski definition) is 2. The number of hydrogen-bond donors (Lipinski definition) is 2. The van der Waals surface area contributed by atoms with Gasteiger partial charge in [-0.15, -0.1) is 0 Å². The normalized spacial score (nSPS) is 14.7. The molecule has 0 aromatic carbocycles. The van der Waals surface area contributed by atoms with Gasteiger partial charge in [-0.05, 0) is 17.4 Å². The van der Waals surface area contributed by atoms with Gasteiger partial charge in [0, 0.05) is 0 Å². The molecule has 0 heterocycles. The second kappa shape index (κ2) is 9.99. The van der Waals surface area contributed by atoms with Crippen LogP contribution in [0, 0.1) is 0 Å². The summed E-state index contributed by atoms with van der Waals surface area (Å²) in [5.74, 6) is 0. The largest absolute Gasteiger partial charge is 0.459 e. The van der Waals surface area contributed by atoms with Crippen LogP contribution >= 0.6 is 7.82 Å². The van der Waals surface area contributed by atoms with Crippen LogP contribution in [0.3, 0.4) is 0 Å². The standard InChI is InChI=1S/C18H45O4PSi3/c1-10-13-16-24(4,5)18(15-12-3,25(6,7)17-14-11-2)26(8,9)22-23(19,20)21/h10-17H2,1-9H3,(H2,19,20,21). The molecule has 0 aliphatic carbocycles. The van der Waals surface area contributed by atoms with Gasteiger partial charge >= 0.3 is 7.82 Å². The molecule has 2 N–H and O–H groups in total. The molecule has 0 saturated heterocycles. The first kappa shape index (κ1) is 26.8. The number of phosphoric acid groups is 1. The Balaban J connectivity index is 6.54. The summed E-state index contributed by atoms with van der Waals surface area (Å²) in [6.45, 7) is 20.8. The first-order valence-electron chi connectivity index (χ1n) is 10.4. The van der Waals surface area contributed by atoms with Crippen molar-refractivity contribution in [3.8, 4) is 0 Å². The van der Waals surface area contributed by atoms with Crippen molar-refractivity contribution < 1.29 is 18.6 Å². The van der Waals surface area contributed by atoms with Crippen LogP contribution in [0.25, 0.3) is 0 Å². The zero-order valence-electron chi connectivity index (χ0n) is 18.8. The lowest BCUT2D eigenvalue weighted by Gasteiger charge is -2.61. The summed E-state index contributed by atoms with van der Waals surface area (Å²) >= 11 is 0. The zero-order valence-corrected chi connectivity index (χ0v) is 22.7. The van der Waals surface area contributed by atoms with Crippen LogP contribution in [0.2, 0.25) is 55.7 Å². The van der Waals surface area contributed by atoms with E-state index in [2.05, 4.69) is 60.1 Å². The molecule has 0 atom stereocenters. The SMILES string of the molecule is CCCC[Si](C)(C)C(CCC)([Si](C)(C)CCCC)[Si](C)(C)OP(=O)(O)O. The first-order chi connectivity index (χ1) is 11.6. The Labute approximate surface area is 165 Å². The molecular formula is C18H45O4PSi3. The summed E-state index contributed by atoms with van der Waals surface area (Å²) in [5.41, 5.74) is 0. The summed E-state index contributed by atoms with van der Waals surface area (Å²) < 4.78 is 17.7. The minimum Gasteiger partial charge on any atom is -0.330 e. The zero-order chi connectivity index (χ0) is 20.9. The number of rotatable bonds is 13. The van der Waals surface area contributed by atoms with Gasteiger partial charge in [0.05, 0.1) is 16.1 Å². The average molecular weight is 441 g/mol. The Morgan fingerprint density at radius 3 is 1.46 bits per heavy atom. The predicted molar refractivity (Wildman–Crippen MR) is 123 cm³/mol. The highest BCUT2D eigenvalue weighted by atomic mass is 31.2. The van der Waals surface area contributed by atoms with E-state index in [-0.39, 0.29) is 4.28 Å². The van der Waals surface area contributed by atoms with Crippen molar-refractivity contribution in [3.05, 3.63) is 0 Å². The quantitative estimate of drug-likeness (QED) is 0.240. The molecule has 0 aromatic heterocycles. The molecule has 0 radical (unpaired) electrons. The molecule has 0 aromatic rings. The van der Waals surface area contributed by atoms with Gasteiger partial charge in [-0.25, -0.2) is 4.57 Å². The van der Waals surface area contributed by atoms with E-state index in [9.17, 15) is 14.4 Å². The van der Waals surface area contributed by atoms with Gasteiger partial charge in [0.2, 0.25) is 8.32 Å². The van der Waals surface area contributed by atoms with Crippen LogP contribution in [-0.2, 0) is 8.78 Å². The van der Waals surface area contributed by atoms with Gasteiger partial charge in [-0.1, -0.05) is 97.6 Å². The summed E-state index contributed by atoms with van der Waals surface area (Å²) in [6, 6.07) is 2.46. The lowest BCUT2D eigenvalue weighted by Crippen LogP contribution is -2.69. The van der Waals surface area contributed by atoms with E-state index < -0.39 is 32.3 Å². The first-order valence-corrected chi connectivity index (χ1v) is 21.3. The topological polar surface area (TPSA) is 66.8 Å². The van der Waals surface area contributed by atoms with E-state index in [1.54, 1.807) is 0 Å². The molecule has 0 bridgehead atoms. The fourth-order valence-electron chi connectivity index (χ4n) is 5.94. The maximum absolute atomic E-state index is 11.9. The predicted octanol–water partition coefficient (Wildman–Crippen LogP) is 6.94. The molecule has 0 fully saturated rings. The minimum absolute atomic E-state index is 0.0488. The molecule has 0 saturated carbocycles. The highest BCUT2D eigenvalue weighted by Crippen LogP contribution is 2.62. The molecule has 158 valence electrons. The summed E-state index contributed by atoms with van der Waals surface area (Å²) in [4.78, 5) is 19.4.